The molecule has 1 N–H and O–H groups in total. The molecule has 4 heteroatoms. The summed E-state index contributed by atoms with van der Waals surface area (Å²) in [5.41, 5.74) is 7.01. The molecule has 0 aliphatic rings. The van der Waals surface area contributed by atoms with Gasteiger partial charge in [0.05, 0.1) is 6.21 Å². The van der Waals surface area contributed by atoms with Crippen molar-refractivity contribution in [3.63, 3.8) is 0 Å². The molecule has 23 heavy (non-hydrogen) atoms. The van der Waals surface area contributed by atoms with Crippen LogP contribution in [0.3, 0.4) is 0 Å². The molecule has 0 fully saturated rings. The van der Waals surface area contributed by atoms with Gasteiger partial charge >= 0.3 is 0 Å². The van der Waals surface area contributed by atoms with Gasteiger partial charge in [0.25, 0.3) is 5.91 Å². The van der Waals surface area contributed by atoms with E-state index in [-0.39, 0.29) is 12.5 Å². The second-order valence-corrected chi connectivity index (χ2v) is 5.44. The average Bonchev–Trinajstić information content (AvgIpc) is 2.55. The average molecular weight is 310 g/mol. The van der Waals surface area contributed by atoms with Gasteiger partial charge in [-0.1, -0.05) is 42.8 Å². The summed E-state index contributed by atoms with van der Waals surface area (Å²) in [6.07, 6.45) is 2.62. The Morgan fingerprint density at radius 2 is 1.91 bits per heavy atom. The molecule has 0 saturated heterocycles. The van der Waals surface area contributed by atoms with Crippen LogP contribution in [-0.2, 0) is 11.2 Å². The molecule has 1 amide bonds. The highest BCUT2D eigenvalue weighted by atomic mass is 16.5. The summed E-state index contributed by atoms with van der Waals surface area (Å²) in [4.78, 5) is 11.7. The number of aryl methyl sites for hydroxylation is 3. The Labute approximate surface area is 137 Å². The van der Waals surface area contributed by atoms with Crippen molar-refractivity contribution in [2.24, 2.45) is 5.10 Å². The van der Waals surface area contributed by atoms with E-state index in [0.717, 1.165) is 17.5 Å². The fourth-order valence-corrected chi connectivity index (χ4v) is 2.15. The maximum absolute atomic E-state index is 11.7. The van der Waals surface area contributed by atoms with Crippen molar-refractivity contribution in [2.75, 3.05) is 6.61 Å². The van der Waals surface area contributed by atoms with Gasteiger partial charge in [-0.3, -0.25) is 4.79 Å². The van der Waals surface area contributed by atoms with Crippen LogP contribution in [0.15, 0.2) is 47.6 Å². The highest BCUT2D eigenvalue weighted by Crippen LogP contribution is 2.12. The Balaban J connectivity index is 1.81. The first kappa shape index (κ1) is 16.7. The molecule has 0 atom stereocenters. The highest BCUT2D eigenvalue weighted by molar-refractivity contribution is 5.84. The lowest BCUT2D eigenvalue weighted by atomic mass is 10.1. The summed E-state index contributed by atoms with van der Waals surface area (Å²) in [5, 5.41) is 3.97. The van der Waals surface area contributed by atoms with Crippen LogP contribution < -0.4 is 10.2 Å². The van der Waals surface area contributed by atoms with Crippen LogP contribution in [0.2, 0.25) is 0 Å². The third kappa shape index (κ3) is 5.25. The predicted octanol–water partition coefficient (Wildman–Crippen LogP) is 3.39. The van der Waals surface area contributed by atoms with E-state index in [1.54, 1.807) is 6.21 Å². The lowest BCUT2D eigenvalue weighted by Gasteiger charge is -2.06. The van der Waals surface area contributed by atoms with Crippen LogP contribution in [0.4, 0.5) is 0 Å². The van der Waals surface area contributed by atoms with Crippen molar-refractivity contribution in [3.05, 3.63) is 64.7 Å². The van der Waals surface area contributed by atoms with Crippen LogP contribution >= 0.6 is 0 Å². The second-order valence-electron chi connectivity index (χ2n) is 5.44. The molecule has 0 aliphatic heterocycles. The third-order valence-corrected chi connectivity index (χ3v) is 3.52. The minimum absolute atomic E-state index is 0.0598. The minimum Gasteiger partial charge on any atom is -0.484 e. The standard InChI is InChI=1S/C19H22N2O2/c1-4-16-6-9-18(10-7-16)23-13-19(22)21-20-12-17-8-5-14(2)11-15(17)3/h5-12H,4,13H2,1-3H3,(H,21,22)/b20-12-. The molecule has 2 aromatic rings. The van der Waals surface area contributed by atoms with Crippen LogP contribution in [0, 0.1) is 13.8 Å². The Bertz CT molecular complexity index is 691. The number of benzene rings is 2. The molecule has 0 radical (unpaired) electrons. The van der Waals surface area contributed by atoms with E-state index in [0.29, 0.717) is 5.75 Å². The molecule has 0 spiro atoms. The number of hydrogen-bond donors (Lipinski definition) is 1. The van der Waals surface area contributed by atoms with E-state index in [4.69, 9.17) is 4.74 Å². The van der Waals surface area contributed by atoms with Crippen molar-refractivity contribution >= 4 is 12.1 Å². The molecule has 0 unspecified atom stereocenters. The first-order chi connectivity index (χ1) is 11.1. The number of nitrogens with one attached hydrogen (secondary N) is 1. The van der Waals surface area contributed by atoms with Gasteiger partial charge in [-0.25, -0.2) is 5.43 Å². The SMILES string of the molecule is CCc1ccc(OCC(=O)N/N=C\c2ccc(C)cc2C)cc1. The lowest BCUT2D eigenvalue weighted by molar-refractivity contribution is -0.123. The summed E-state index contributed by atoms with van der Waals surface area (Å²) in [6.45, 7) is 6.09. The van der Waals surface area contributed by atoms with Crippen molar-refractivity contribution < 1.29 is 9.53 Å². The van der Waals surface area contributed by atoms with E-state index in [1.807, 2.05) is 50.2 Å². The molecule has 120 valence electrons. The number of hydrazone groups is 1. The van der Waals surface area contributed by atoms with E-state index < -0.39 is 0 Å². The van der Waals surface area contributed by atoms with Crippen LogP contribution in [-0.4, -0.2) is 18.7 Å². The van der Waals surface area contributed by atoms with E-state index >= 15 is 0 Å². The van der Waals surface area contributed by atoms with Crippen molar-refractivity contribution in [1.29, 1.82) is 0 Å². The van der Waals surface area contributed by atoms with Crippen molar-refractivity contribution in [2.45, 2.75) is 27.2 Å². The molecule has 2 rings (SSSR count). The predicted molar refractivity (Wildman–Crippen MR) is 93.0 cm³/mol. The monoisotopic (exact) mass is 310 g/mol. The third-order valence-electron chi connectivity index (χ3n) is 3.52. The number of amides is 1. The highest BCUT2D eigenvalue weighted by Gasteiger charge is 2.02. The smallest absolute Gasteiger partial charge is 0.277 e. The maximum Gasteiger partial charge on any atom is 0.277 e. The van der Waals surface area contributed by atoms with Gasteiger partial charge in [-0.05, 0) is 49.1 Å². The summed E-state index contributed by atoms with van der Waals surface area (Å²) in [5.74, 6) is 0.390. The molecule has 0 heterocycles. The van der Waals surface area contributed by atoms with Gasteiger partial charge < -0.3 is 4.74 Å². The first-order valence-electron chi connectivity index (χ1n) is 7.69. The van der Waals surface area contributed by atoms with E-state index in [2.05, 4.69) is 23.5 Å². The van der Waals surface area contributed by atoms with Crippen LogP contribution in [0.1, 0.15) is 29.2 Å². The van der Waals surface area contributed by atoms with Crippen molar-refractivity contribution in [1.82, 2.24) is 5.43 Å². The number of rotatable bonds is 6. The molecule has 0 bridgehead atoms. The zero-order chi connectivity index (χ0) is 16.7. The Morgan fingerprint density at radius 1 is 1.17 bits per heavy atom. The Morgan fingerprint density at radius 3 is 2.57 bits per heavy atom. The van der Waals surface area contributed by atoms with E-state index in [9.17, 15) is 4.79 Å². The van der Waals surface area contributed by atoms with Crippen LogP contribution in [0.5, 0.6) is 5.75 Å². The Kier molecular flexibility index (Phi) is 5.92. The maximum atomic E-state index is 11.7. The normalized spacial score (nSPS) is 10.7. The zero-order valence-corrected chi connectivity index (χ0v) is 13.8. The first-order valence-corrected chi connectivity index (χ1v) is 7.69. The molecule has 0 aromatic heterocycles. The molecular formula is C19H22N2O2. The van der Waals surface area contributed by atoms with Gasteiger partial charge in [0.2, 0.25) is 0 Å². The minimum atomic E-state index is -0.286. The number of ether oxygens (including phenoxy) is 1. The zero-order valence-electron chi connectivity index (χ0n) is 13.8. The summed E-state index contributed by atoms with van der Waals surface area (Å²) < 4.78 is 5.42. The van der Waals surface area contributed by atoms with Gasteiger partial charge in [-0.2, -0.15) is 5.10 Å². The summed E-state index contributed by atoms with van der Waals surface area (Å²) in [6, 6.07) is 13.8. The molecule has 4 nitrogen and oxygen atoms in total. The largest absolute Gasteiger partial charge is 0.484 e. The fraction of sp³-hybridized carbons (Fsp3) is 0.263. The van der Waals surface area contributed by atoms with Gasteiger partial charge in [0.1, 0.15) is 5.75 Å². The molecular weight excluding hydrogens is 288 g/mol. The Hall–Kier alpha value is -2.62. The summed E-state index contributed by atoms with van der Waals surface area (Å²) >= 11 is 0. The quantitative estimate of drug-likeness (QED) is 0.657. The summed E-state index contributed by atoms with van der Waals surface area (Å²) in [7, 11) is 0. The van der Waals surface area contributed by atoms with Crippen LogP contribution in [0.25, 0.3) is 0 Å². The van der Waals surface area contributed by atoms with Crippen molar-refractivity contribution in [3.8, 4) is 5.75 Å². The van der Waals surface area contributed by atoms with Gasteiger partial charge in [0, 0.05) is 0 Å². The number of hydrogen-bond acceptors (Lipinski definition) is 3. The van der Waals surface area contributed by atoms with Gasteiger partial charge in [0.15, 0.2) is 6.61 Å². The van der Waals surface area contributed by atoms with Gasteiger partial charge in [-0.15, -0.1) is 0 Å². The number of carbonyl (C=O) groups excluding carboxylic acids is 1. The topological polar surface area (TPSA) is 50.7 Å². The second kappa shape index (κ2) is 8.13. The lowest BCUT2D eigenvalue weighted by Crippen LogP contribution is -2.24. The van der Waals surface area contributed by atoms with E-state index in [1.165, 1.54) is 11.1 Å². The molecule has 0 aliphatic carbocycles. The number of carbonyl (C=O) groups is 1. The molecule has 0 saturated carbocycles. The number of nitrogens with zero attached hydrogens (tertiary/aromatic N) is 1. The fourth-order valence-electron chi connectivity index (χ4n) is 2.15. The molecule has 2 aromatic carbocycles.